The summed E-state index contributed by atoms with van der Waals surface area (Å²) in [5, 5.41) is 12.3. The zero-order valence-electron chi connectivity index (χ0n) is 11.8. The van der Waals surface area contributed by atoms with Crippen LogP contribution in [0.1, 0.15) is 37.0 Å². The summed E-state index contributed by atoms with van der Waals surface area (Å²) in [4.78, 5) is 4.56. The van der Waals surface area contributed by atoms with Crippen LogP contribution in [0.25, 0.3) is 11.3 Å². The van der Waals surface area contributed by atoms with Gasteiger partial charge >= 0.3 is 0 Å². The van der Waals surface area contributed by atoms with E-state index in [-0.39, 0.29) is 5.41 Å². The van der Waals surface area contributed by atoms with E-state index in [4.69, 9.17) is 5.73 Å². The molecule has 1 aromatic heterocycles. The Morgan fingerprint density at radius 1 is 1.25 bits per heavy atom. The number of hydrogen-bond acceptors (Lipinski definition) is 4. The van der Waals surface area contributed by atoms with Crippen LogP contribution in [0.5, 0.6) is 0 Å². The molecule has 2 rings (SSSR count). The Bertz CT molecular complexity index is 670. The van der Waals surface area contributed by atoms with Gasteiger partial charge in [-0.3, -0.25) is 0 Å². The highest BCUT2D eigenvalue weighted by Crippen LogP contribution is 2.29. The molecule has 0 atom stereocenters. The van der Waals surface area contributed by atoms with Crippen LogP contribution in [0, 0.1) is 11.3 Å². The Balaban J connectivity index is 2.49. The number of nitrogens with two attached hydrogens (primary N) is 1. The van der Waals surface area contributed by atoms with Crippen molar-refractivity contribution >= 4 is 22.6 Å². The van der Waals surface area contributed by atoms with Crippen LogP contribution in [0.15, 0.2) is 35.7 Å². The molecule has 2 N–H and O–H groups in total. The van der Waals surface area contributed by atoms with E-state index in [2.05, 4.69) is 31.8 Å². The number of aromatic nitrogens is 1. The van der Waals surface area contributed by atoms with Crippen LogP contribution in [-0.4, -0.2) is 4.98 Å². The zero-order valence-corrected chi connectivity index (χ0v) is 12.7. The van der Waals surface area contributed by atoms with Gasteiger partial charge in [-0.2, -0.15) is 5.26 Å². The second-order valence-corrected chi connectivity index (χ2v) is 6.41. The SMILES string of the molecule is CC(C)(C)c1nc(C(C#N)=C(N)c2ccccc2)cs1. The fraction of sp³-hybridized carbons (Fsp3) is 0.250. The third-order valence-corrected chi connectivity index (χ3v) is 4.14. The van der Waals surface area contributed by atoms with E-state index in [1.807, 2.05) is 35.7 Å². The molecule has 102 valence electrons. The average molecular weight is 283 g/mol. The molecular weight excluding hydrogens is 266 g/mol. The summed E-state index contributed by atoms with van der Waals surface area (Å²) in [6.07, 6.45) is 0. The number of allylic oxidation sites excluding steroid dienone is 1. The Morgan fingerprint density at radius 3 is 2.40 bits per heavy atom. The van der Waals surface area contributed by atoms with Gasteiger partial charge in [-0.05, 0) is 5.56 Å². The largest absolute Gasteiger partial charge is 0.397 e. The van der Waals surface area contributed by atoms with Crippen molar-refractivity contribution in [2.75, 3.05) is 0 Å². The molecule has 2 aromatic rings. The second-order valence-electron chi connectivity index (χ2n) is 5.55. The van der Waals surface area contributed by atoms with Crippen molar-refractivity contribution in [1.82, 2.24) is 4.98 Å². The summed E-state index contributed by atoms with van der Waals surface area (Å²) < 4.78 is 0. The van der Waals surface area contributed by atoms with Crippen molar-refractivity contribution in [1.29, 1.82) is 5.26 Å². The normalized spacial score (nSPS) is 12.7. The smallest absolute Gasteiger partial charge is 0.104 e. The van der Waals surface area contributed by atoms with Crippen molar-refractivity contribution in [3.8, 4) is 6.07 Å². The van der Waals surface area contributed by atoms with E-state index < -0.39 is 0 Å². The minimum absolute atomic E-state index is 0.0228. The fourth-order valence-electron chi connectivity index (χ4n) is 1.75. The number of nitriles is 1. The Labute approximate surface area is 123 Å². The molecule has 0 aliphatic carbocycles. The van der Waals surface area contributed by atoms with E-state index in [0.717, 1.165) is 10.6 Å². The average Bonchev–Trinajstić information content (AvgIpc) is 2.90. The maximum absolute atomic E-state index is 9.40. The van der Waals surface area contributed by atoms with Crippen molar-refractivity contribution in [2.24, 2.45) is 5.73 Å². The highest BCUT2D eigenvalue weighted by Gasteiger charge is 2.20. The Hall–Kier alpha value is -2.12. The standard InChI is InChI=1S/C16H17N3S/c1-16(2,3)15-19-13(10-20-15)12(9-17)14(18)11-7-5-4-6-8-11/h4-8,10H,18H2,1-3H3. The lowest BCUT2D eigenvalue weighted by molar-refractivity contribution is 0.585. The monoisotopic (exact) mass is 283 g/mol. The van der Waals surface area contributed by atoms with Gasteiger partial charge < -0.3 is 5.73 Å². The molecule has 0 radical (unpaired) electrons. The first-order valence-corrected chi connectivity index (χ1v) is 7.23. The lowest BCUT2D eigenvalue weighted by atomic mass is 9.98. The highest BCUT2D eigenvalue weighted by atomic mass is 32.1. The molecule has 4 heteroatoms. The molecule has 1 heterocycles. The van der Waals surface area contributed by atoms with E-state index in [0.29, 0.717) is 17.0 Å². The molecule has 1 aromatic carbocycles. The minimum atomic E-state index is -0.0228. The molecule has 3 nitrogen and oxygen atoms in total. The first kappa shape index (κ1) is 14.3. The van der Waals surface area contributed by atoms with Crippen LogP contribution in [0.3, 0.4) is 0 Å². The van der Waals surface area contributed by atoms with Crippen molar-refractivity contribution in [2.45, 2.75) is 26.2 Å². The van der Waals surface area contributed by atoms with Crippen molar-refractivity contribution in [3.63, 3.8) is 0 Å². The first-order chi connectivity index (χ1) is 9.43. The van der Waals surface area contributed by atoms with Crippen molar-refractivity contribution in [3.05, 3.63) is 52.0 Å². The van der Waals surface area contributed by atoms with Crippen LogP contribution < -0.4 is 5.73 Å². The number of rotatable bonds is 2. The lowest BCUT2D eigenvalue weighted by Gasteiger charge is -2.13. The number of thiazole rings is 1. The van der Waals surface area contributed by atoms with E-state index in [1.54, 1.807) is 11.3 Å². The lowest BCUT2D eigenvalue weighted by Crippen LogP contribution is -2.10. The van der Waals surface area contributed by atoms with Crippen molar-refractivity contribution < 1.29 is 0 Å². The summed E-state index contributed by atoms with van der Waals surface area (Å²) >= 11 is 1.56. The van der Waals surface area contributed by atoms with Gasteiger partial charge in [0.1, 0.15) is 11.6 Å². The molecule has 0 bridgehead atoms. The first-order valence-electron chi connectivity index (χ1n) is 6.35. The van der Waals surface area contributed by atoms with Gasteiger partial charge in [0.2, 0.25) is 0 Å². The second kappa shape index (κ2) is 5.48. The molecule has 0 amide bonds. The van der Waals surface area contributed by atoms with Crippen LogP contribution in [-0.2, 0) is 5.41 Å². The fourth-order valence-corrected chi connectivity index (χ4v) is 2.65. The van der Waals surface area contributed by atoms with Gasteiger partial charge in [0.05, 0.1) is 16.4 Å². The van der Waals surface area contributed by atoms with Gasteiger partial charge in [0, 0.05) is 10.8 Å². The molecule has 0 aliphatic heterocycles. The van der Waals surface area contributed by atoms with Gasteiger partial charge in [-0.15, -0.1) is 11.3 Å². The summed E-state index contributed by atoms with van der Waals surface area (Å²) in [5.41, 5.74) is 8.50. The quantitative estimate of drug-likeness (QED) is 0.853. The van der Waals surface area contributed by atoms with Crippen LogP contribution in [0.4, 0.5) is 0 Å². The number of benzene rings is 1. The summed E-state index contributed by atoms with van der Waals surface area (Å²) in [7, 11) is 0. The predicted molar refractivity (Wildman–Crippen MR) is 83.9 cm³/mol. The number of hydrogen-bond donors (Lipinski definition) is 1. The number of nitrogens with zero attached hydrogens (tertiary/aromatic N) is 2. The molecular formula is C16H17N3S. The molecule has 0 fully saturated rings. The molecule has 0 aliphatic rings. The third-order valence-electron chi connectivity index (χ3n) is 2.87. The predicted octanol–water partition coefficient (Wildman–Crippen LogP) is 3.79. The maximum Gasteiger partial charge on any atom is 0.104 e. The molecule has 0 unspecified atom stereocenters. The zero-order chi connectivity index (χ0) is 14.8. The topological polar surface area (TPSA) is 62.7 Å². The molecule has 0 spiro atoms. The van der Waals surface area contributed by atoms with Gasteiger partial charge in [-0.1, -0.05) is 51.1 Å². The van der Waals surface area contributed by atoms with Crippen LogP contribution >= 0.6 is 11.3 Å². The van der Waals surface area contributed by atoms with E-state index in [1.165, 1.54) is 0 Å². The molecule has 0 saturated carbocycles. The highest BCUT2D eigenvalue weighted by molar-refractivity contribution is 7.10. The Kier molecular flexibility index (Phi) is 3.91. The van der Waals surface area contributed by atoms with Gasteiger partial charge in [0.25, 0.3) is 0 Å². The summed E-state index contributed by atoms with van der Waals surface area (Å²) in [5.74, 6) is 0. The molecule has 20 heavy (non-hydrogen) atoms. The molecule has 0 saturated heterocycles. The third kappa shape index (κ3) is 2.89. The Morgan fingerprint density at radius 2 is 1.90 bits per heavy atom. The van der Waals surface area contributed by atoms with Crippen LogP contribution in [0.2, 0.25) is 0 Å². The van der Waals surface area contributed by atoms with E-state index >= 15 is 0 Å². The van der Waals surface area contributed by atoms with E-state index in [9.17, 15) is 5.26 Å². The summed E-state index contributed by atoms with van der Waals surface area (Å²) in [6.45, 7) is 6.31. The van der Waals surface area contributed by atoms with Gasteiger partial charge in [-0.25, -0.2) is 4.98 Å². The summed E-state index contributed by atoms with van der Waals surface area (Å²) in [6, 6.07) is 11.7. The van der Waals surface area contributed by atoms with Gasteiger partial charge in [0.15, 0.2) is 0 Å². The maximum atomic E-state index is 9.40. The minimum Gasteiger partial charge on any atom is -0.397 e.